The Morgan fingerprint density at radius 2 is 1.60 bits per heavy atom. The van der Waals surface area contributed by atoms with Crippen LogP contribution in [0.4, 0.5) is 11.7 Å². The molecule has 2 aromatic heterocycles. The van der Waals surface area contributed by atoms with E-state index in [1.807, 2.05) is 35.2 Å². The van der Waals surface area contributed by atoms with Crippen LogP contribution in [-0.2, 0) is 0 Å². The van der Waals surface area contributed by atoms with E-state index in [4.69, 9.17) is 4.42 Å². The number of thiazole rings is 1. The van der Waals surface area contributed by atoms with Crippen molar-refractivity contribution >= 4 is 39.0 Å². The van der Waals surface area contributed by atoms with Crippen molar-refractivity contribution in [3.63, 3.8) is 0 Å². The highest BCUT2D eigenvalue weighted by atomic mass is 32.1. The topological polar surface area (TPSA) is 75.4 Å². The summed E-state index contributed by atoms with van der Waals surface area (Å²) in [5.74, 6) is -0.368. The zero-order chi connectivity index (χ0) is 23.8. The zero-order valence-corrected chi connectivity index (χ0v) is 20.0. The Hall–Kier alpha value is -4.04. The third-order valence-electron chi connectivity index (χ3n) is 6.25. The molecular weight excluding hydrogens is 458 g/mol. The van der Waals surface area contributed by atoms with Crippen LogP contribution >= 0.6 is 11.3 Å². The van der Waals surface area contributed by atoms with Gasteiger partial charge < -0.3 is 14.2 Å². The lowest BCUT2D eigenvalue weighted by Crippen LogP contribution is -2.46. The van der Waals surface area contributed by atoms with Crippen LogP contribution in [0.5, 0.6) is 0 Å². The minimum absolute atomic E-state index is 0.0247. The van der Waals surface area contributed by atoms with Crippen molar-refractivity contribution in [2.24, 2.45) is 0 Å². The molecule has 0 amide bonds. The second-order valence-corrected chi connectivity index (χ2v) is 9.63. The smallest absolute Gasteiger partial charge is 0.318 e. The predicted molar refractivity (Wildman–Crippen MR) is 138 cm³/mol. The molecule has 0 unspecified atom stereocenters. The summed E-state index contributed by atoms with van der Waals surface area (Å²) >= 11 is 1.34. The third kappa shape index (κ3) is 4.28. The second kappa shape index (κ2) is 8.96. The predicted octanol–water partition coefficient (Wildman–Crippen LogP) is 5.21. The van der Waals surface area contributed by atoms with Gasteiger partial charge in [-0.05, 0) is 42.3 Å². The fourth-order valence-electron chi connectivity index (χ4n) is 4.27. The van der Waals surface area contributed by atoms with E-state index in [9.17, 15) is 4.79 Å². The number of nitrogens with zero attached hydrogens (tertiary/aromatic N) is 5. The van der Waals surface area contributed by atoms with Crippen molar-refractivity contribution in [2.75, 3.05) is 36.0 Å². The molecule has 3 heterocycles. The number of ketones is 1. The lowest BCUT2D eigenvalue weighted by atomic mass is 10.1. The summed E-state index contributed by atoms with van der Waals surface area (Å²) < 4.78 is 6.73. The minimum Gasteiger partial charge on any atom is -0.400 e. The number of benzene rings is 3. The van der Waals surface area contributed by atoms with E-state index < -0.39 is 0 Å². The van der Waals surface area contributed by atoms with Crippen LogP contribution in [0.15, 0.2) is 77.2 Å². The van der Waals surface area contributed by atoms with Gasteiger partial charge >= 0.3 is 6.01 Å². The van der Waals surface area contributed by atoms with Gasteiger partial charge in [-0.15, -0.1) is 16.4 Å². The van der Waals surface area contributed by atoms with Crippen LogP contribution in [0.3, 0.4) is 0 Å². The number of hydrogen-bond acceptors (Lipinski definition) is 8. The molecule has 1 aliphatic heterocycles. The molecule has 8 heteroatoms. The van der Waals surface area contributed by atoms with Gasteiger partial charge in [0.2, 0.25) is 0 Å². The highest BCUT2D eigenvalue weighted by molar-refractivity contribution is 7.20. The summed E-state index contributed by atoms with van der Waals surface area (Å²) in [6.07, 6.45) is 0. The summed E-state index contributed by atoms with van der Waals surface area (Å²) in [6.45, 7) is 5.26. The first kappa shape index (κ1) is 21.5. The molecule has 0 saturated carbocycles. The van der Waals surface area contributed by atoms with E-state index in [-0.39, 0.29) is 11.7 Å². The van der Waals surface area contributed by atoms with E-state index in [2.05, 4.69) is 69.5 Å². The van der Waals surface area contributed by atoms with Crippen molar-refractivity contribution in [3.05, 3.63) is 89.3 Å². The summed E-state index contributed by atoms with van der Waals surface area (Å²) in [6, 6.07) is 25.1. The van der Waals surface area contributed by atoms with Crippen molar-refractivity contribution in [2.45, 2.75) is 6.92 Å². The van der Waals surface area contributed by atoms with E-state index in [1.165, 1.54) is 22.6 Å². The summed E-state index contributed by atoms with van der Waals surface area (Å²) in [5, 5.41) is 8.54. The Morgan fingerprint density at radius 3 is 2.37 bits per heavy atom. The lowest BCUT2D eigenvalue weighted by Gasteiger charge is -2.35. The minimum atomic E-state index is -0.343. The van der Waals surface area contributed by atoms with E-state index in [0.29, 0.717) is 11.0 Å². The first-order chi connectivity index (χ1) is 17.1. The Morgan fingerprint density at radius 1 is 0.857 bits per heavy atom. The van der Waals surface area contributed by atoms with Gasteiger partial charge in [0.25, 0.3) is 11.7 Å². The molecule has 0 atom stereocenters. The molecular formula is C27H23N5O2S. The number of aryl methyl sites for hydroxylation is 1. The number of rotatable bonds is 5. The first-order valence-electron chi connectivity index (χ1n) is 11.5. The van der Waals surface area contributed by atoms with Crippen LogP contribution in [0.2, 0.25) is 0 Å². The maximum Gasteiger partial charge on any atom is 0.318 e. The molecule has 7 nitrogen and oxygen atoms in total. The molecule has 1 fully saturated rings. The van der Waals surface area contributed by atoms with E-state index in [1.54, 1.807) is 0 Å². The molecule has 5 aromatic rings. The maximum atomic E-state index is 13.1. The van der Waals surface area contributed by atoms with Crippen molar-refractivity contribution in [1.82, 2.24) is 15.2 Å². The van der Waals surface area contributed by atoms with Gasteiger partial charge in [0, 0.05) is 31.9 Å². The number of hydrogen-bond donors (Lipinski definition) is 0. The Labute approximate surface area is 206 Å². The van der Waals surface area contributed by atoms with Gasteiger partial charge in [0.1, 0.15) is 0 Å². The number of carbonyl (C=O) groups is 1. The molecule has 0 radical (unpaired) electrons. The third-order valence-corrected chi connectivity index (χ3v) is 7.26. The van der Waals surface area contributed by atoms with Crippen LogP contribution < -0.4 is 9.80 Å². The van der Waals surface area contributed by atoms with Crippen molar-refractivity contribution < 1.29 is 9.21 Å². The van der Waals surface area contributed by atoms with Gasteiger partial charge in [0.15, 0.2) is 5.01 Å². The quantitative estimate of drug-likeness (QED) is 0.319. The highest BCUT2D eigenvalue weighted by Gasteiger charge is 2.25. The fraction of sp³-hybridized carbons (Fsp3) is 0.185. The number of carbonyl (C=O) groups excluding carboxylic acids is 1. The number of fused-ring (bicyclic) bond motifs is 1. The molecule has 6 rings (SSSR count). The van der Waals surface area contributed by atoms with Gasteiger partial charge in [-0.1, -0.05) is 59.2 Å². The zero-order valence-electron chi connectivity index (χ0n) is 19.2. The number of anilines is 2. The Balaban J connectivity index is 1.16. The first-order valence-corrected chi connectivity index (χ1v) is 12.4. The van der Waals surface area contributed by atoms with Crippen LogP contribution in [0, 0.1) is 6.92 Å². The Kier molecular flexibility index (Phi) is 5.50. The summed E-state index contributed by atoms with van der Waals surface area (Å²) in [5.41, 5.74) is 5.46. The molecule has 1 saturated heterocycles. The molecule has 3 aromatic carbocycles. The van der Waals surface area contributed by atoms with Crippen LogP contribution in [-0.4, -0.2) is 47.1 Å². The average molecular weight is 482 g/mol. The molecule has 0 aliphatic carbocycles. The summed E-state index contributed by atoms with van der Waals surface area (Å²) in [4.78, 5) is 21.9. The fourth-order valence-corrected chi connectivity index (χ4v) is 5.21. The monoisotopic (exact) mass is 481 g/mol. The molecule has 0 N–H and O–H groups in total. The number of aromatic nitrogens is 3. The normalized spacial score (nSPS) is 14.0. The van der Waals surface area contributed by atoms with Crippen LogP contribution in [0.25, 0.3) is 21.3 Å². The van der Waals surface area contributed by atoms with Gasteiger partial charge in [-0.25, -0.2) is 4.98 Å². The van der Waals surface area contributed by atoms with Gasteiger partial charge in [-0.3, -0.25) is 4.79 Å². The maximum absolute atomic E-state index is 13.1. The Bertz CT molecular complexity index is 1490. The standard InChI is InChI=1S/C27H23N5O2S/c1-18-7-10-21(11-8-18)31-13-15-32(16-14-31)27-30-29-25(34-27)24(33)26-28-22-12-9-20(17-23(22)35-26)19-5-3-2-4-6-19/h2-12,17H,13-16H2,1H3. The van der Waals surface area contributed by atoms with Crippen molar-refractivity contribution in [3.8, 4) is 11.1 Å². The molecule has 1 aliphatic rings. The van der Waals surface area contributed by atoms with E-state index in [0.717, 1.165) is 47.5 Å². The molecule has 174 valence electrons. The second-order valence-electron chi connectivity index (χ2n) is 8.60. The van der Waals surface area contributed by atoms with E-state index >= 15 is 0 Å². The summed E-state index contributed by atoms with van der Waals surface area (Å²) in [7, 11) is 0. The molecule has 0 spiro atoms. The molecule has 0 bridgehead atoms. The van der Waals surface area contributed by atoms with Crippen LogP contribution in [0.1, 0.15) is 21.3 Å². The van der Waals surface area contributed by atoms with Gasteiger partial charge in [0.05, 0.1) is 10.2 Å². The SMILES string of the molecule is Cc1ccc(N2CCN(c3nnc(C(=O)c4nc5ccc(-c6ccccc6)cc5s4)o3)CC2)cc1. The average Bonchev–Trinajstić information content (AvgIpc) is 3.57. The van der Waals surface area contributed by atoms with Crippen molar-refractivity contribution in [1.29, 1.82) is 0 Å². The number of piperazine rings is 1. The van der Waals surface area contributed by atoms with Gasteiger partial charge in [-0.2, -0.15) is 0 Å². The largest absolute Gasteiger partial charge is 0.400 e. The highest BCUT2D eigenvalue weighted by Crippen LogP contribution is 2.29. The lowest BCUT2D eigenvalue weighted by molar-refractivity contribution is 0.100. The molecule has 35 heavy (non-hydrogen) atoms.